The second kappa shape index (κ2) is 6.68. The third-order valence-electron chi connectivity index (χ3n) is 2.45. The number of carbonyl (C=O) groups is 1. The van der Waals surface area contributed by atoms with Gasteiger partial charge in [0.25, 0.3) is 0 Å². The second-order valence-corrected chi connectivity index (χ2v) is 5.83. The van der Waals surface area contributed by atoms with Crippen molar-refractivity contribution >= 4 is 38.4 Å². The lowest BCUT2D eigenvalue weighted by Crippen LogP contribution is -2.30. The van der Waals surface area contributed by atoms with Crippen LogP contribution in [0.2, 0.25) is 0 Å². The lowest BCUT2D eigenvalue weighted by Gasteiger charge is -2.05. The summed E-state index contributed by atoms with van der Waals surface area (Å²) in [6, 6.07) is 7.84. The van der Waals surface area contributed by atoms with E-state index in [1.54, 1.807) is 0 Å². The molecule has 0 saturated heterocycles. The fraction of sp³-hybridized carbons (Fsp3) is 0.231. The van der Waals surface area contributed by atoms with Crippen molar-refractivity contribution in [2.45, 2.75) is 13.3 Å². The van der Waals surface area contributed by atoms with Crippen LogP contribution in [0.5, 0.6) is 0 Å². The Bertz CT molecular complexity index is 553. The van der Waals surface area contributed by atoms with Gasteiger partial charge in [0.15, 0.2) is 5.13 Å². The van der Waals surface area contributed by atoms with Crippen LogP contribution >= 0.6 is 27.3 Å². The van der Waals surface area contributed by atoms with Crippen LogP contribution in [-0.2, 0) is 6.42 Å². The van der Waals surface area contributed by atoms with Crippen LogP contribution in [0, 0.1) is 6.92 Å². The third kappa shape index (κ3) is 4.65. The van der Waals surface area contributed by atoms with Gasteiger partial charge in [0, 0.05) is 16.4 Å². The minimum atomic E-state index is -0.216. The van der Waals surface area contributed by atoms with Gasteiger partial charge in [0.2, 0.25) is 0 Å². The lowest BCUT2D eigenvalue weighted by atomic mass is 10.1. The highest BCUT2D eigenvalue weighted by molar-refractivity contribution is 9.10. The van der Waals surface area contributed by atoms with Gasteiger partial charge in [-0.1, -0.05) is 28.1 Å². The van der Waals surface area contributed by atoms with Gasteiger partial charge in [0.05, 0.1) is 5.69 Å². The Kier molecular flexibility index (Phi) is 4.93. The molecule has 2 N–H and O–H groups in total. The Balaban J connectivity index is 1.73. The normalized spacial score (nSPS) is 10.2. The molecule has 0 aliphatic heterocycles. The maximum absolute atomic E-state index is 11.6. The first-order chi connectivity index (χ1) is 9.13. The van der Waals surface area contributed by atoms with Crippen LogP contribution in [0.25, 0.3) is 0 Å². The average Bonchev–Trinajstić information content (AvgIpc) is 2.77. The first kappa shape index (κ1) is 14.0. The number of rotatable bonds is 4. The molecule has 4 nitrogen and oxygen atoms in total. The molecule has 19 heavy (non-hydrogen) atoms. The van der Waals surface area contributed by atoms with Crippen LogP contribution in [0.3, 0.4) is 0 Å². The van der Waals surface area contributed by atoms with Crippen LogP contribution in [0.4, 0.5) is 9.93 Å². The first-order valence-corrected chi connectivity index (χ1v) is 7.52. The summed E-state index contributed by atoms with van der Waals surface area (Å²) < 4.78 is 1.06. The van der Waals surface area contributed by atoms with Crippen LogP contribution in [0.15, 0.2) is 34.1 Å². The number of hydrogen-bond donors (Lipinski definition) is 2. The number of hydrogen-bond acceptors (Lipinski definition) is 3. The van der Waals surface area contributed by atoms with E-state index in [2.05, 4.69) is 31.5 Å². The summed E-state index contributed by atoms with van der Waals surface area (Å²) in [4.78, 5) is 15.8. The van der Waals surface area contributed by atoms with Gasteiger partial charge in [-0.25, -0.2) is 9.78 Å². The van der Waals surface area contributed by atoms with E-state index in [4.69, 9.17) is 0 Å². The quantitative estimate of drug-likeness (QED) is 0.894. The third-order valence-corrected chi connectivity index (χ3v) is 3.86. The molecule has 2 aromatic rings. The van der Waals surface area contributed by atoms with Gasteiger partial charge in [-0.15, -0.1) is 11.3 Å². The van der Waals surface area contributed by atoms with E-state index in [-0.39, 0.29) is 6.03 Å². The molecule has 0 unspecified atom stereocenters. The number of halogens is 1. The molecule has 1 aromatic carbocycles. The van der Waals surface area contributed by atoms with E-state index < -0.39 is 0 Å². The monoisotopic (exact) mass is 339 g/mol. The van der Waals surface area contributed by atoms with Crippen LogP contribution in [0.1, 0.15) is 11.3 Å². The van der Waals surface area contributed by atoms with Crippen LogP contribution < -0.4 is 10.6 Å². The predicted octanol–water partition coefficient (Wildman–Crippen LogP) is 3.58. The number of amides is 2. The lowest BCUT2D eigenvalue weighted by molar-refractivity contribution is 0.252. The Hall–Kier alpha value is -1.40. The highest BCUT2D eigenvalue weighted by atomic mass is 79.9. The fourth-order valence-corrected chi connectivity index (χ4v) is 2.47. The summed E-state index contributed by atoms with van der Waals surface area (Å²) in [7, 11) is 0. The standard InChI is InChI=1S/C13H14BrN3OS/c1-9-8-19-13(16-9)17-12(18)15-7-6-10-2-4-11(14)5-3-10/h2-5,8H,6-7H2,1H3,(H2,15,16,17,18). The molecule has 0 radical (unpaired) electrons. The Morgan fingerprint density at radius 1 is 1.37 bits per heavy atom. The summed E-state index contributed by atoms with van der Waals surface area (Å²) in [6.45, 7) is 2.49. The SMILES string of the molecule is Cc1csc(NC(=O)NCCc2ccc(Br)cc2)n1. The van der Waals surface area contributed by atoms with E-state index >= 15 is 0 Å². The molecule has 0 bridgehead atoms. The van der Waals surface area contributed by atoms with Crippen molar-refractivity contribution in [1.82, 2.24) is 10.3 Å². The molecule has 2 amide bonds. The van der Waals surface area contributed by atoms with E-state index in [1.165, 1.54) is 16.9 Å². The van der Waals surface area contributed by atoms with E-state index in [9.17, 15) is 4.79 Å². The van der Waals surface area contributed by atoms with E-state index in [0.29, 0.717) is 11.7 Å². The number of anilines is 1. The molecule has 100 valence electrons. The number of urea groups is 1. The molecule has 0 spiro atoms. The maximum Gasteiger partial charge on any atom is 0.321 e. The number of thiazole rings is 1. The van der Waals surface area contributed by atoms with E-state index in [0.717, 1.165) is 16.6 Å². The van der Waals surface area contributed by atoms with Crippen LogP contribution in [-0.4, -0.2) is 17.6 Å². The maximum atomic E-state index is 11.6. The molecule has 2 rings (SSSR count). The summed E-state index contributed by atoms with van der Waals surface area (Å²) in [5.74, 6) is 0. The molecule has 1 heterocycles. The molecule has 0 aliphatic rings. The van der Waals surface area contributed by atoms with Gasteiger partial charge < -0.3 is 5.32 Å². The number of aryl methyl sites for hydroxylation is 1. The molecule has 0 aliphatic carbocycles. The zero-order valence-electron chi connectivity index (χ0n) is 10.4. The second-order valence-electron chi connectivity index (χ2n) is 4.05. The largest absolute Gasteiger partial charge is 0.337 e. The zero-order chi connectivity index (χ0) is 13.7. The molecular formula is C13H14BrN3OS. The minimum absolute atomic E-state index is 0.216. The number of aromatic nitrogens is 1. The van der Waals surface area contributed by atoms with Crippen molar-refractivity contribution in [3.63, 3.8) is 0 Å². The molecule has 0 atom stereocenters. The molecule has 6 heteroatoms. The van der Waals surface area contributed by atoms with Gasteiger partial charge in [0.1, 0.15) is 0 Å². The molecule has 0 fully saturated rings. The van der Waals surface area contributed by atoms with Gasteiger partial charge >= 0.3 is 6.03 Å². The Morgan fingerprint density at radius 2 is 2.11 bits per heavy atom. The molecule has 1 aromatic heterocycles. The average molecular weight is 340 g/mol. The predicted molar refractivity (Wildman–Crippen MR) is 81.7 cm³/mol. The van der Waals surface area contributed by atoms with Gasteiger partial charge in [-0.05, 0) is 31.0 Å². The number of nitrogens with one attached hydrogen (secondary N) is 2. The first-order valence-electron chi connectivity index (χ1n) is 5.85. The number of nitrogens with zero attached hydrogens (tertiary/aromatic N) is 1. The fourth-order valence-electron chi connectivity index (χ4n) is 1.52. The van der Waals surface area contributed by atoms with Crippen molar-refractivity contribution in [2.24, 2.45) is 0 Å². The minimum Gasteiger partial charge on any atom is -0.337 e. The molecule has 0 saturated carbocycles. The van der Waals surface area contributed by atoms with Crippen molar-refractivity contribution in [3.8, 4) is 0 Å². The van der Waals surface area contributed by atoms with Crippen molar-refractivity contribution in [2.75, 3.05) is 11.9 Å². The number of benzene rings is 1. The topological polar surface area (TPSA) is 54.0 Å². The molecular weight excluding hydrogens is 326 g/mol. The number of carbonyl (C=O) groups excluding carboxylic acids is 1. The van der Waals surface area contributed by atoms with E-state index in [1.807, 2.05) is 36.6 Å². The summed E-state index contributed by atoms with van der Waals surface area (Å²) >= 11 is 4.81. The Labute approximate surface area is 124 Å². The highest BCUT2D eigenvalue weighted by Crippen LogP contribution is 2.14. The van der Waals surface area contributed by atoms with Gasteiger partial charge in [-0.3, -0.25) is 5.32 Å². The van der Waals surface area contributed by atoms with Crippen molar-refractivity contribution < 1.29 is 4.79 Å². The van der Waals surface area contributed by atoms with Gasteiger partial charge in [-0.2, -0.15) is 0 Å². The Morgan fingerprint density at radius 3 is 2.74 bits per heavy atom. The summed E-state index contributed by atoms with van der Waals surface area (Å²) in [6.07, 6.45) is 0.803. The summed E-state index contributed by atoms with van der Waals surface area (Å²) in [5, 5.41) is 8.04. The zero-order valence-corrected chi connectivity index (χ0v) is 12.8. The summed E-state index contributed by atoms with van der Waals surface area (Å²) in [5.41, 5.74) is 2.10. The van der Waals surface area contributed by atoms with Crippen molar-refractivity contribution in [3.05, 3.63) is 45.4 Å². The highest BCUT2D eigenvalue weighted by Gasteiger charge is 2.04. The smallest absolute Gasteiger partial charge is 0.321 e. The van der Waals surface area contributed by atoms with Crippen molar-refractivity contribution in [1.29, 1.82) is 0 Å².